The van der Waals surface area contributed by atoms with Gasteiger partial charge in [-0.15, -0.1) is 0 Å². The van der Waals surface area contributed by atoms with E-state index in [0.717, 1.165) is 37.8 Å². The van der Waals surface area contributed by atoms with E-state index < -0.39 is 0 Å². The molecule has 0 spiro atoms. The summed E-state index contributed by atoms with van der Waals surface area (Å²) in [6, 6.07) is 6.03. The van der Waals surface area contributed by atoms with E-state index in [2.05, 4.69) is 30.3 Å². The lowest BCUT2D eigenvalue weighted by molar-refractivity contribution is -0.0182. The summed E-state index contributed by atoms with van der Waals surface area (Å²) in [5.41, 5.74) is 2.53. The normalized spacial score (nSPS) is 21.2. The molecular formula is C14H21ClN2O. The van der Waals surface area contributed by atoms with Gasteiger partial charge < -0.3 is 15.0 Å². The highest BCUT2D eigenvalue weighted by Gasteiger charge is 2.16. The highest BCUT2D eigenvalue weighted by Crippen LogP contribution is 2.15. The molecule has 1 unspecified atom stereocenters. The van der Waals surface area contributed by atoms with Crippen LogP contribution in [0.15, 0.2) is 18.2 Å². The third-order valence-electron chi connectivity index (χ3n) is 3.33. The zero-order valence-corrected chi connectivity index (χ0v) is 11.8. The first-order valence-electron chi connectivity index (χ1n) is 6.41. The second-order valence-corrected chi connectivity index (χ2v) is 5.39. The molecule has 100 valence electrons. The zero-order valence-electron chi connectivity index (χ0n) is 11.1. The first kappa shape index (κ1) is 13.8. The lowest BCUT2D eigenvalue weighted by atomic mass is 10.1. The molecule has 1 heterocycles. The van der Waals surface area contributed by atoms with Crippen molar-refractivity contribution in [1.29, 1.82) is 0 Å². The van der Waals surface area contributed by atoms with Crippen LogP contribution < -0.4 is 5.32 Å². The molecule has 1 fully saturated rings. The summed E-state index contributed by atoms with van der Waals surface area (Å²) >= 11 is 5.94. The van der Waals surface area contributed by atoms with Crippen LogP contribution in [-0.4, -0.2) is 44.3 Å². The summed E-state index contributed by atoms with van der Waals surface area (Å²) in [5.74, 6) is 0. The summed E-state index contributed by atoms with van der Waals surface area (Å²) < 4.78 is 5.71. The fraction of sp³-hybridized carbons (Fsp3) is 0.571. The Balaban J connectivity index is 1.77. The van der Waals surface area contributed by atoms with E-state index in [1.165, 1.54) is 11.1 Å². The minimum absolute atomic E-state index is 0.302. The highest BCUT2D eigenvalue weighted by atomic mass is 35.5. The number of rotatable bonds is 4. The number of aryl methyl sites for hydroxylation is 1. The monoisotopic (exact) mass is 268 g/mol. The van der Waals surface area contributed by atoms with E-state index in [-0.39, 0.29) is 0 Å². The number of halogens is 1. The Labute approximate surface area is 114 Å². The van der Waals surface area contributed by atoms with Crippen LogP contribution in [0.5, 0.6) is 0 Å². The fourth-order valence-electron chi connectivity index (χ4n) is 2.22. The molecule has 2 rings (SSSR count). The average Bonchev–Trinajstić information content (AvgIpc) is 2.32. The van der Waals surface area contributed by atoms with Crippen LogP contribution in [0.2, 0.25) is 5.02 Å². The molecule has 0 aliphatic carbocycles. The maximum atomic E-state index is 5.94. The van der Waals surface area contributed by atoms with E-state index >= 15 is 0 Å². The molecule has 3 nitrogen and oxygen atoms in total. The SMILES string of the molecule is Cc1cc(Cl)ccc1CNCC1CN(C)CCO1. The Kier molecular flexibility index (Phi) is 5.01. The number of ether oxygens (including phenoxy) is 1. The number of hydrogen-bond acceptors (Lipinski definition) is 3. The highest BCUT2D eigenvalue weighted by molar-refractivity contribution is 6.30. The van der Waals surface area contributed by atoms with Crippen molar-refractivity contribution in [3.05, 3.63) is 34.3 Å². The number of benzene rings is 1. The summed E-state index contributed by atoms with van der Waals surface area (Å²) in [6.45, 7) is 6.73. The topological polar surface area (TPSA) is 24.5 Å². The molecule has 0 amide bonds. The Hall–Kier alpha value is -0.610. The van der Waals surface area contributed by atoms with Crippen molar-refractivity contribution >= 4 is 11.6 Å². The van der Waals surface area contributed by atoms with Crippen molar-refractivity contribution in [2.75, 3.05) is 33.3 Å². The summed E-state index contributed by atoms with van der Waals surface area (Å²) in [4.78, 5) is 2.31. The molecule has 1 aromatic rings. The van der Waals surface area contributed by atoms with Crippen molar-refractivity contribution in [3.8, 4) is 0 Å². The van der Waals surface area contributed by atoms with Crippen LogP contribution >= 0.6 is 11.6 Å². The number of nitrogens with zero attached hydrogens (tertiary/aromatic N) is 1. The quantitative estimate of drug-likeness (QED) is 0.905. The molecule has 1 aliphatic rings. The molecule has 1 saturated heterocycles. The van der Waals surface area contributed by atoms with Crippen molar-refractivity contribution < 1.29 is 4.74 Å². The predicted molar refractivity (Wildman–Crippen MR) is 75.1 cm³/mol. The van der Waals surface area contributed by atoms with E-state index in [1.54, 1.807) is 0 Å². The minimum atomic E-state index is 0.302. The molecule has 0 bridgehead atoms. The molecule has 0 radical (unpaired) electrons. The number of likely N-dealkylation sites (N-methyl/N-ethyl adjacent to an activating group) is 1. The molecular weight excluding hydrogens is 248 g/mol. The van der Waals surface area contributed by atoms with Crippen LogP contribution in [0, 0.1) is 6.92 Å². The van der Waals surface area contributed by atoms with Crippen LogP contribution in [0.25, 0.3) is 0 Å². The van der Waals surface area contributed by atoms with Gasteiger partial charge in [-0.25, -0.2) is 0 Å². The van der Waals surface area contributed by atoms with Gasteiger partial charge in [0.2, 0.25) is 0 Å². The van der Waals surface area contributed by atoms with Crippen LogP contribution in [0.4, 0.5) is 0 Å². The maximum Gasteiger partial charge on any atom is 0.0826 e. The van der Waals surface area contributed by atoms with Gasteiger partial charge in [-0.1, -0.05) is 17.7 Å². The molecule has 4 heteroatoms. The summed E-state index contributed by atoms with van der Waals surface area (Å²) in [5, 5.41) is 4.26. The molecule has 18 heavy (non-hydrogen) atoms. The summed E-state index contributed by atoms with van der Waals surface area (Å²) in [6.07, 6.45) is 0.302. The zero-order chi connectivity index (χ0) is 13.0. The standard InChI is InChI=1S/C14H21ClN2O/c1-11-7-13(15)4-3-12(11)8-16-9-14-10-17(2)5-6-18-14/h3-4,7,14,16H,5-6,8-10H2,1-2H3. The van der Waals surface area contributed by atoms with Gasteiger partial charge in [-0.05, 0) is 37.2 Å². The second-order valence-electron chi connectivity index (χ2n) is 4.96. The van der Waals surface area contributed by atoms with Crippen molar-refractivity contribution in [2.45, 2.75) is 19.6 Å². The molecule has 0 aromatic heterocycles. The van der Waals surface area contributed by atoms with Crippen molar-refractivity contribution in [2.24, 2.45) is 0 Å². The van der Waals surface area contributed by atoms with Crippen LogP contribution in [-0.2, 0) is 11.3 Å². The minimum Gasteiger partial charge on any atom is -0.374 e. The van der Waals surface area contributed by atoms with Gasteiger partial charge in [0.05, 0.1) is 12.7 Å². The number of nitrogens with one attached hydrogen (secondary N) is 1. The lowest BCUT2D eigenvalue weighted by Gasteiger charge is -2.30. The Morgan fingerprint density at radius 1 is 1.50 bits per heavy atom. The van der Waals surface area contributed by atoms with Gasteiger partial charge in [0, 0.05) is 31.2 Å². The van der Waals surface area contributed by atoms with E-state index in [0.29, 0.717) is 6.10 Å². The van der Waals surface area contributed by atoms with Gasteiger partial charge in [0.1, 0.15) is 0 Å². The maximum absolute atomic E-state index is 5.94. The first-order chi connectivity index (χ1) is 8.65. The Bertz CT molecular complexity index is 397. The fourth-order valence-corrected chi connectivity index (χ4v) is 2.44. The predicted octanol–water partition coefficient (Wildman–Crippen LogP) is 2.07. The van der Waals surface area contributed by atoms with Crippen molar-refractivity contribution in [3.63, 3.8) is 0 Å². The van der Waals surface area contributed by atoms with Crippen LogP contribution in [0.3, 0.4) is 0 Å². The summed E-state index contributed by atoms with van der Waals surface area (Å²) in [7, 11) is 2.14. The Morgan fingerprint density at radius 3 is 3.06 bits per heavy atom. The Morgan fingerprint density at radius 2 is 2.33 bits per heavy atom. The third kappa shape index (κ3) is 3.95. The van der Waals surface area contributed by atoms with Gasteiger partial charge in [0.15, 0.2) is 0 Å². The smallest absolute Gasteiger partial charge is 0.0826 e. The van der Waals surface area contributed by atoms with Gasteiger partial charge in [0.25, 0.3) is 0 Å². The average molecular weight is 269 g/mol. The van der Waals surface area contributed by atoms with E-state index in [1.807, 2.05) is 12.1 Å². The van der Waals surface area contributed by atoms with E-state index in [9.17, 15) is 0 Å². The van der Waals surface area contributed by atoms with Gasteiger partial charge in [-0.2, -0.15) is 0 Å². The number of morpholine rings is 1. The molecule has 0 saturated carbocycles. The first-order valence-corrected chi connectivity index (χ1v) is 6.79. The molecule has 1 N–H and O–H groups in total. The van der Waals surface area contributed by atoms with Crippen molar-refractivity contribution in [1.82, 2.24) is 10.2 Å². The lowest BCUT2D eigenvalue weighted by Crippen LogP contribution is -2.44. The van der Waals surface area contributed by atoms with E-state index in [4.69, 9.17) is 16.3 Å². The third-order valence-corrected chi connectivity index (χ3v) is 3.57. The number of hydrogen-bond donors (Lipinski definition) is 1. The molecule has 1 atom stereocenters. The second kappa shape index (κ2) is 6.53. The van der Waals surface area contributed by atoms with Crippen LogP contribution in [0.1, 0.15) is 11.1 Å². The molecule has 1 aliphatic heterocycles. The largest absolute Gasteiger partial charge is 0.374 e. The van der Waals surface area contributed by atoms with Gasteiger partial charge in [-0.3, -0.25) is 0 Å². The molecule has 1 aromatic carbocycles. The van der Waals surface area contributed by atoms with Gasteiger partial charge >= 0.3 is 0 Å².